The summed E-state index contributed by atoms with van der Waals surface area (Å²) >= 11 is 2.43. The third kappa shape index (κ3) is 3.52. The van der Waals surface area contributed by atoms with Crippen LogP contribution in [-0.2, 0) is 11.3 Å². The summed E-state index contributed by atoms with van der Waals surface area (Å²) in [4.78, 5) is 29.0. The maximum Gasteiger partial charge on any atom is 0.313 e. The highest BCUT2D eigenvalue weighted by Crippen LogP contribution is 2.32. The zero-order valence-electron chi connectivity index (χ0n) is 13.6. The summed E-state index contributed by atoms with van der Waals surface area (Å²) in [6, 6.07) is 7.99. The Morgan fingerprint density at radius 2 is 2.12 bits per heavy atom. The molecule has 3 rings (SSSR count). The van der Waals surface area contributed by atoms with Crippen molar-refractivity contribution in [3.63, 3.8) is 0 Å². The summed E-state index contributed by atoms with van der Waals surface area (Å²) in [5.41, 5.74) is 2.80. The predicted molar refractivity (Wildman–Crippen MR) is 103 cm³/mol. The number of nitrogens with zero attached hydrogens (tertiary/aromatic N) is 2. The van der Waals surface area contributed by atoms with Gasteiger partial charge >= 0.3 is 5.97 Å². The van der Waals surface area contributed by atoms with E-state index in [0.29, 0.717) is 15.4 Å². The Kier molecular flexibility index (Phi) is 5.06. The number of fused-ring (bicyclic) bond motifs is 1. The number of aromatic nitrogens is 2. The summed E-state index contributed by atoms with van der Waals surface area (Å²) in [7, 11) is 0. The van der Waals surface area contributed by atoms with Gasteiger partial charge in [0.1, 0.15) is 4.83 Å². The van der Waals surface area contributed by atoms with Crippen molar-refractivity contribution in [2.24, 2.45) is 0 Å². The molecule has 0 fully saturated rings. The molecule has 7 heteroatoms. The van der Waals surface area contributed by atoms with Crippen LogP contribution in [0, 0.1) is 6.92 Å². The third-order valence-corrected chi connectivity index (χ3v) is 5.49. The minimum absolute atomic E-state index is 0.148. The van der Waals surface area contributed by atoms with Crippen LogP contribution in [-0.4, -0.2) is 26.4 Å². The Bertz CT molecular complexity index is 1000. The molecule has 3 aromatic rings. The lowest BCUT2D eigenvalue weighted by Crippen LogP contribution is -2.23. The first-order valence-corrected chi connectivity index (χ1v) is 9.42. The number of thiophene rings is 1. The Hall–Kier alpha value is -2.38. The van der Waals surface area contributed by atoms with Gasteiger partial charge in [0, 0.05) is 17.5 Å². The van der Waals surface area contributed by atoms with E-state index in [9.17, 15) is 9.59 Å². The van der Waals surface area contributed by atoms with E-state index in [0.717, 1.165) is 28.5 Å². The third-order valence-electron chi connectivity index (χ3n) is 3.66. The van der Waals surface area contributed by atoms with Crippen molar-refractivity contribution in [2.45, 2.75) is 18.6 Å². The number of carboxylic acids is 1. The van der Waals surface area contributed by atoms with Crippen LogP contribution >= 0.6 is 23.1 Å². The van der Waals surface area contributed by atoms with Crippen LogP contribution in [0.4, 0.5) is 0 Å². The molecule has 2 heterocycles. The molecule has 0 saturated carbocycles. The lowest BCUT2D eigenvalue weighted by atomic mass is 10.1. The van der Waals surface area contributed by atoms with E-state index in [1.807, 2.05) is 36.6 Å². The van der Waals surface area contributed by atoms with Crippen molar-refractivity contribution in [2.75, 3.05) is 5.75 Å². The van der Waals surface area contributed by atoms with E-state index in [-0.39, 0.29) is 17.9 Å². The zero-order valence-corrected chi connectivity index (χ0v) is 15.2. The van der Waals surface area contributed by atoms with Crippen molar-refractivity contribution in [3.8, 4) is 11.1 Å². The van der Waals surface area contributed by atoms with Crippen molar-refractivity contribution >= 4 is 39.3 Å². The highest BCUT2D eigenvalue weighted by Gasteiger charge is 2.17. The van der Waals surface area contributed by atoms with Crippen molar-refractivity contribution in [1.29, 1.82) is 0 Å². The molecule has 0 saturated heterocycles. The average molecular weight is 372 g/mol. The maximum absolute atomic E-state index is 13.0. The first-order valence-electron chi connectivity index (χ1n) is 7.56. The summed E-state index contributed by atoms with van der Waals surface area (Å²) in [5, 5.41) is 11.8. The SMILES string of the molecule is C=CCn1c(SCC(=O)O)nc2scc(-c3ccc(C)cc3)c2c1=O. The van der Waals surface area contributed by atoms with Gasteiger partial charge in [-0.3, -0.25) is 14.2 Å². The van der Waals surface area contributed by atoms with E-state index in [4.69, 9.17) is 5.11 Å². The number of allylic oxidation sites excluding steroid dienone is 1. The molecule has 5 nitrogen and oxygen atoms in total. The summed E-state index contributed by atoms with van der Waals surface area (Å²) in [5.74, 6) is -1.10. The number of benzene rings is 1. The number of aryl methyl sites for hydroxylation is 1. The molecule has 2 aromatic heterocycles. The number of thioether (sulfide) groups is 1. The van der Waals surface area contributed by atoms with E-state index in [2.05, 4.69) is 11.6 Å². The normalized spacial score (nSPS) is 10.9. The van der Waals surface area contributed by atoms with Gasteiger partial charge < -0.3 is 5.11 Å². The minimum Gasteiger partial charge on any atom is -0.481 e. The zero-order chi connectivity index (χ0) is 18.0. The summed E-state index contributed by atoms with van der Waals surface area (Å²) in [6.45, 7) is 5.98. The smallest absolute Gasteiger partial charge is 0.313 e. The van der Waals surface area contributed by atoms with Crippen molar-refractivity contribution in [3.05, 3.63) is 58.2 Å². The van der Waals surface area contributed by atoms with E-state index < -0.39 is 5.97 Å². The van der Waals surface area contributed by atoms with E-state index >= 15 is 0 Å². The first kappa shape index (κ1) is 17.4. The quantitative estimate of drug-likeness (QED) is 0.405. The fraction of sp³-hybridized carbons (Fsp3) is 0.167. The highest BCUT2D eigenvalue weighted by molar-refractivity contribution is 7.99. The van der Waals surface area contributed by atoms with Crippen LogP contribution in [0.5, 0.6) is 0 Å². The van der Waals surface area contributed by atoms with Gasteiger partial charge in [0.05, 0.1) is 11.1 Å². The number of aliphatic carboxylic acids is 1. The molecule has 1 N–H and O–H groups in total. The van der Waals surface area contributed by atoms with Gasteiger partial charge in [-0.15, -0.1) is 17.9 Å². The molecule has 0 amide bonds. The number of carbonyl (C=O) groups is 1. The van der Waals surface area contributed by atoms with Gasteiger partial charge in [0.15, 0.2) is 5.16 Å². The van der Waals surface area contributed by atoms with Gasteiger partial charge in [-0.05, 0) is 12.5 Å². The summed E-state index contributed by atoms with van der Waals surface area (Å²) < 4.78 is 1.48. The second-order valence-corrected chi connectivity index (χ2v) is 7.28. The Morgan fingerprint density at radius 1 is 1.40 bits per heavy atom. The molecule has 0 spiro atoms. The second kappa shape index (κ2) is 7.25. The van der Waals surface area contributed by atoms with Gasteiger partial charge in [-0.2, -0.15) is 0 Å². The molecular formula is C18H16N2O3S2. The molecule has 0 atom stereocenters. The van der Waals surface area contributed by atoms with E-state index in [1.165, 1.54) is 15.9 Å². The minimum atomic E-state index is -0.948. The Morgan fingerprint density at radius 3 is 2.76 bits per heavy atom. The predicted octanol–water partition coefficient (Wildman–Crippen LogP) is 3.80. The fourth-order valence-corrected chi connectivity index (χ4v) is 4.20. The molecule has 0 radical (unpaired) electrons. The van der Waals surface area contributed by atoms with Crippen molar-refractivity contribution < 1.29 is 9.90 Å². The molecule has 0 aliphatic rings. The molecule has 0 aliphatic carbocycles. The van der Waals surface area contributed by atoms with E-state index in [1.54, 1.807) is 6.08 Å². The molecule has 0 bridgehead atoms. The van der Waals surface area contributed by atoms with Gasteiger partial charge in [0.25, 0.3) is 5.56 Å². The number of hydrogen-bond donors (Lipinski definition) is 1. The van der Waals surface area contributed by atoms with Gasteiger partial charge in [-0.1, -0.05) is 47.7 Å². The molecular weight excluding hydrogens is 356 g/mol. The highest BCUT2D eigenvalue weighted by atomic mass is 32.2. The molecule has 25 heavy (non-hydrogen) atoms. The van der Waals surface area contributed by atoms with Crippen LogP contribution in [0.15, 0.2) is 52.3 Å². The van der Waals surface area contributed by atoms with Crippen LogP contribution in [0.25, 0.3) is 21.3 Å². The maximum atomic E-state index is 13.0. The van der Waals surface area contributed by atoms with Gasteiger partial charge in [-0.25, -0.2) is 4.98 Å². The molecule has 0 unspecified atom stereocenters. The van der Waals surface area contributed by atoms with Crippen LogP contribution < -0.4 is 5.56 Å². The standard InChI is InChI=1S/C18H16N2O3S2/c1-3-8-20-17(23)15-13(12-6-4-11(2)5-7-12)9-24-16(15)19-18(20)25-10-14(21)22/h3-7,9H,1,8,10H2,2H3,(H,21,22). The van der Waals surface area contributed by atoms with Crippen molar-refractivity contribution in [1.82, 2.24) is 9.55 Å². The lowest BCUT2D eigenvalue weighted by molar-refractivity contribution is -0.133. The average Bonchev–Trinajstić information content (AvgIpc) is 3.00. The Labute approximate surface area is 152 Å². The number of carboxylic acid groups (broad SMARTS) is 1. The lowest BCUT2D eigenvalue weighted by Gasteiger charge is -2.10. The monoisotopic (exact) mass is 372 g/mol. The second-order valence-electron chi connectivity index (χ2n) is 5.48. The molecule has 0 aliphatic heterocycles. The van der Waals surface area contributed by atoms with Crippen LogP contribution in [0.3, 0.4) is 0 Å². The largest absolute Gasteiger partial charge is 0.481 e. The molecule has 128 valence electrons. The molecule has 1 aromatic carbocycles. The number of hydrogen-bond acceptors (Lipinski definition) is 5. The topological polar surface area (TPSA) is 72.2 Å². The summed E-state index contributed by atoms with van der Waals surface area (Å²) in [6.07, 6.45) is 1.61. The fourth-order valence-electron chi connectivity index (χ4n) is 2.48. The first-order chi connectivity index (χ1) is 12.0. The Balaban J connectivity index is 2.19. The van der Waals surface area contributed by atoms with Crippen LogP contribution in [0.2, 0.25) is 0 Å². The van der Waals surface area contributed by atoms with Crippen LogP contribution in [0.1, 0.15) is 5.56 Å². The van der Waals surface area contributed by atoms with Gasteiger partial charge in [0.2, 0.25) is 0 Å². The number of rotatable bonds is 6.